The highest BCUT2D eigenvalue weighted by Gasteiger charge is 2.14. The van der Waals surface area contributed by atoms with Gasteiger partial charge in [-0.3, -0.25) is 0 Å². The first kappa shape index (κ1) is 16.3. The molecular weight excluding hydrogens is 316 g/mol. The normalized spacial score (nSPS) is 10.1. The number of carbonyl (C=O) groups excluding carboxylic acids is 1. The number of anilines is 2. The monoisotopic (exact) mass is 332 g/mol. The van der Waals surface area contributed by atoms with Crippen LogP contribution in [0, 0.1) is 0 Å². The van der Waals surface area contributed by atoms with Gasteiger partial charge in [0.2, 0.25) is 0 Å². The fourth-order valence-electron chi connectivity index (χ4n) is 2.54. The van der Waals surface area contributed by atoms with Crippen LogP contribution in [0.15, 0.2) is 78.9 Å². The fraction of sp³-hybridized carbons (Fsp3) is 0. The summed E-state index contributed by atoms with van der Waals surface area (Å²) in [5, 5.41) is 14.9. The Morgan fingerprint density at radius 1 is 0.680 bits per heavy atom. The largest absolute Gasteiger partial charge is 0.478 e. The molecule has 3 aromatic carbocycles. The average molecular weight is 332 g/mol. The molecule has 0 saturated carbocycles. The lowest BCUT2D eigenvalue weighted by Gasteiger charge is -2.13. The van der Waals surface area contributed by atoms with Crippen LogP contribution in [0.1, 0.15) is 10.4 Å². The third kappa shape index (κ3) is 3.84. The van der Waals surface area contributed by atoms with Crippen molar-refractivity contribution in [1.29, 1.82) is 0 Å². The number of rotatable bonds is 4. The molecule has 0 spiro atoms. The lowest BCUT2D eigenvalue weighted by Crippen LogP contribution is -2.19. The van der Waals surface area contributed by atoms with E-state index in [4.69, 9.17) is 0 Å². The van der Waals surface area contributed by atoms with Gasteiger partial charge in [0.25, 0.3) is 0 Å². The summed E-state index contributed by atoms with van der Waals surface area (Å²) >= 11 is 0. The molecule has 0 bridgehead atoms. The molecule has 3 rings (SSSR count). The van der Waals surface area contributed by atoms with Crippen LogP contribution < -0.4 is 10.6 Å². The summed E-state index contributed by atoms with van der Waals surface area (Å²) in [5.74, 6) is -1.01. The Hall–Kier alpha value is -3.60. The van der Waals surface area contributed by atoms with Crippen LogP contribution >= 0.6 is 0 Å². The molecular formula is C20H16N2O3. The highest BCUT2D eigenvalue weighted by atomic mass is 16.4. The van der Waals surface area contributed by atoms with Gasteiger partial charge in [0.05, 0.1) is 11.3 Å². The summed E-state index contributed by atoms with van der Waals surface area (Å²) in [4.78, 5) is 23.7. The predicted octanol–water partition coefficient (Wildman–Crippen LogP) is 4.70. The standard InChI is InChI=1S/C20H16N2O3/c23-19(24)17-12-5-4-10-15(17)16-11-6-7-13-18(16)22-20(25)21-14-8-2-1-3-9-14/h1-13H,(H,23,24)(H2,21,22,25). The third-order valence-corrected chi connectivity index (χ3v) is 3.65. The van der Waals surface area contributed by atoms with Crippen molar-refractivity contribution in [2.45, 2.75) is 0 Å². The lowest BCUT2D eigenvalue weighted by atomic mass is 9.98. The van der Waals surface area contributed by atoms with E-state index in [9.17, 15) is 14.7 Å². The third-order valence-electron chi connectivity index (χ3n) is 3.65. The van der Waals surface area contributed by atoms with E-state index in [-0.39, 0.29) is 5.56 Å². The number of aromatic carboxylic acids is 1. The molecule has 0 fully saturated rings. The Morgan fingerprint density at radius 3 is 2.00 bits per heavy atom. The molecule has 5 nitrogen and oxygen atoms in total. The van der Waals surface area contributed by atoms with Gasteiger partial charge in [-0.2, -0.15) is 0 Å². The Kier molecular flexibility index (Phi) is 4.76. The first-order valence-electron chi connectivity index (χ1n) is 7.70. The van der Waals surface area contributed by atoms with Gasteiger partial charge in [-0.25, -0.2) is 9.59 Å². The maximum Gasteiger partial charge on any atom is 0.336 e. The first-order chi connectivity index (χ1) is 12.1. The van der Waals surface area contributed by atoms with Crippen molar-refractivity contribution in [2.75, 3.05) is 10.6 Å². The Labute approximate surface area is 144 Å². The van der Waals surface area contributed by atoms with Crippen LogP contribution in [0.4, 0.5) is 16.2 Å². The van der Waals surface area contributed by atoms with E-state index in [1.165, 1.54) is 0 Å². The number of hydrogen-bond acceptors (Lipinski definition) is 2. The van der Waals surface area contributed by atoms with Crippen molar-refractivity contribution in [2.24, 2.45) is 0 Å². The van der Waals surface area contributed by atoms with E-state index < -0.39 is 12.0 Å². The van der Waals surface area contributed by atoms with Crippen LogP contribution in [-0.2, 0) is 0 Å². The van der Waals surface area contributed by atoms with Crippen LogP contribution in [0.3, 0.4) is 0 Å². The lowest BCUT2D eigenvalue weighted by molar-refractivity contribution is 0.0697. The fourth-order valence-corrected chi connectivity index (χ4v) is 2.54. The second kappa shape index (κ2) is 7.31. The van der Waals surface area contributed by atoms with Crippen molar-refractivity contribution >= 4 is 23.4 Å². The van der Waals surface area contributed by atoms with Gasteiger partial charge in [0.15, 0.2) is 0 Å². The second-order valence-corrected chi connectivity index (χ2v) is 5.34. The summed E-state index contributed by atoms with van der Waals surface area (Å²) in [6, 6.07) is 22.5. The molecule has 3 aromatic rings. The van der Waals surface area contributed by atoms with Gasteiger partial charge in [-0.15, -0.1) is 0 Å². The average Bonchev–Trinajstić information content (AvgIpc) is 2.63. The zero-order valence-corrected chi connectivity index (χ0v) is 13.3. The molecule has 0 aliphatic heterocycles. The number of nitrogens with one attached hydrogen (secondary N) is 2. The van der Waals surface area contributed by atoms with Crippen LogP contribution in [0.2, 0.25) is 0 Å². The molecule has 5 heteroatoms. The number of carboxylic acids is 1. The van der Waals surface area contributed by atoms with Crippen LogP contribution in [0.5, 0.6) is 0 Å². The number of benzene rings is 3. The molecule has 0 saturated heterocycles. The maximum atomic E-state index is 12.2. The van der Waals surface area contributed by atoms with Crippen molar-refractivity contribution in [1.82, 2.24) is 0 Å². The zero-order chi connectivity index (χ0) is 17.6. The number of carboxylic acid groups (broad SMARTS) is 1. The number of para-hydroxylation sites is 2. The minimum atomic E-state index is -1.01. The van der Waals surface area contributed by atoms with Gasteiger partial charge < -0.3 is 15.7 Å². The zero-order valence-electron chi connectivity index (χ0n) is 13.3. The highest BCUT2D eigenvalue weighted by molar-refractivity contribution is 6.04. The summed E-state index contributed by atoms with van der Waals surface area (Å²) in [7, 11) is 0. The van der Waals surface area contributed by atoms with Gasteiger partial charge in [-0.05, 0) is 29.8 Å². The second-order valence-electron chi connectivity index (χ2n) is 5.34. The van der Waals surface area contributed by atoms with E-state index in [1.54, 1.807) is 60.7 Å². The number of carbonyl (C=O) groups is 2. The van der Waals surface area contributed by atoms with Crippen LogP contribution in [-0.4, -0.2) is 17.1 Å². The Morgan fingerprint density at radius 2 is 1.28 bits per heavy atom. The van der Waals surface area contributed by atoms with E-state index in [0.717, 1.165) is 0 Å². The van der Waals surface area contributed by atoms with Crippen LogP contribution in [0.25, 0.3) is 11.1 Å². The predicted molar refractivity (Wildman–Crippen MR) is 97.9 cm³/mol. The molecule has 0 aliphatic rings. The summed E-state index contributed by atoms with van der Waals surface area (Å²) in [6.07, 6.45) is 0. The molecule has 0 atom stereocenters. The quantitative estimate of drug-likeness (QED) is 0.648. The molecule has 0 heterocycles. The van der Waals surface area contributed by atoms with Gasteiger partial charge in [0, 0.05) is 11.3 Å². The number of urea groups is 1. The summed E-state index contributed by atoms with van der Waals surface area (Å²) < 4.78 is 0. The van der Waals surface area contributed by atoms with Gasteiger partial charge in [-0.1, -0.05) is 54.6 Å². The smallest absolute Gasteiger partial charge is 0.336 e. The summed E-state index contributed by atoms with van der Waals surface area (Å²) in [5.41, 5.74) is 2.57. The summed E-state index contributed by atoms with van der Waals surface area (Å²) in [6.45, 7) is 0. The number of hydrogen-bond donors (Lipinski definition) is 3. The Balaban J connectivity index is 1.90. The molecule has 3 N–H and O–H groups in total. The SMILES string of the molecule is O=C(Nc1ccccc1)Nc1ccccc1-c1ccccc1C(=O)O. The first-order valence-corrected chi connectivity index (χ1v) is 7.70. The highest BCUT2D eigenvalue weighted by Crippen LogP contribution is 2.30. The van der Waals surface area contributed by atoms with Crippen molar-refractivity contribution < 1.29 is 14.7 Å². The molecule has 2 amide bonds. The minimum Gasteiger partial charge on any atom is -0.478 e. The van der Waals surface area contributed by atoms with Gasteiger partial charge >= 0.3 is 12.0 Å². The van der Waals surface area contributed by atoms with Crippen molar-refractivity contribution in [3.05, 3.63) is 84.4 Å². The molecule has 0 radical (unpaired) electrons. The maximum absolute atomic E-state index is 12.2. The van der Waals surface area contributed by atoms with Crippen molar-refractivity contribution in [3.63, 3.8) is 0 Å². The van der Waals surface area contributed by atoms with E-state index >= 15 is 0 Å². The van der Waals surface area contributed by atoms with Gasteiger partial charge in [0.1, 0.15) is 0 Å². The van der Waals surface area contributed by atoms with E-state index in [0.29, 0.717) is 22.5 Å². The molecule has 0 aliphatic carbocycles. The van der Waals surface area contributed by atoms with E-state index in [2.05, 4.69) is 10.6 Å². The molecule has 0 unspecified atom stereocenters. The topological polar surface area (TPSA) is 78.4 Å². The molecule has 124 valence electrons. The number of amides is 2. The Bertz CT molecular complexity index is 908. The minimum absolute atomic E-state index is 0.181. The molecule has 0 aromatic heterocycles. The molecule has 25 heavy (non-hydrogen) atoms. The van der Waals surface area contributed by atoms with E-state index in [1.807, 2.05) is 18.2 Å². The van der Waals surface area contributed by atoms with Crippen molar-refractivity contribution in [3.8, 4) is 11.1 Å².